The summed E-state index contributed by atoms with van der Waals surface area (Å²) in [5.74, 6) is -1.11. The number of nitrogens with zero attached hydrogens (tertiary/aromatic N) is 2. The third-order valence-electron chi connectivity index (χ3n) is 4.09. The van der Waals surface area contributed by atoms with Gasteiger partial charge in [0.2, 0.25) is 10.0 Å². The largest absolute Gasteiger partial charge is 0.272 e. The highest BCUT2D eigenvalue weighted by Crippen LogP contribution is 2.21. The molecule has 1 amide bonds. The van der Waals surface area contributed by atoms with Gasteiger partial charge in [-0.15, -0.1) is 0 Å². The van der Waals surface area contributed by atoms with Crippen LogP contribution in [0.4, 0.5) is 4.39 Å². The maximum atomic E-state index is 13.5. The zero-order chi connectivity index (χ0) is 20.1. The van der Waals surface area contributed by atoms with E-state index in [1.807, 2.05) is 24.3 Å². The Kier molecular flexibility index (Phi) is 5.81. The zero-order valence-corrected chi connectivity index (χ0v) is 15.9. The molecule has 0 fully saturated rings. The third-order valence-corrected chi connectivity index (χ3v) is 5.89. The highest BCUT2D eigenvalue weighted by atomic mass is 32.2. The van der Waals surface area contributed by atoms with Crippen molar-refractivity contribution >= 4 is 32.9 Å². The Hall–Kier alpha value is -3.10. The van der Waals surface area contributed by atoms with Crippen LogP contribution in [0.15, 0.2) is 76.7 Å². The van der Waals surface area contributed by atoms with Gasteiger partial charge in [0.1, 0.15) is 5.82 Å². The number of carbonyl (C=O) groups is 1. The van der Waals surface area contributed by atoms with Gasteiger partial charge in [0.15, 0.2) is 0 Å². The average molecular weight is 399 g/mol. The number of hydrogen-bond acceptors (Lipinski definition) is 4. The fourth-order valence-electron chi connectivity index (χ4n) is 2.58. The van der Waals surface area contributed by atoms with E-state index in [1.54, 1.807) is 18.2 Å². The molecule has 0 saturated carbocycles. The fourth-order valence-corrected chi connectivity index (χ4v) is 3.75. The molecular weight excluding hydrogens is 381 g/mol. The summed E-state index contributed by atoms with van der Waals surface area (Å²) in [6.07, 6.45) is 1.16. The standard InChI is InChI=1S/C20H18FN3O3S/c1-24(14-20(25)23-22-13-17-8-4-5-9-19(17)21)28(26,27)18-11-10-15-6-2-3-7-16(15)12-18/h2-13H,14H2,1H3,(H,23,25)/b22-13-. The summed E-state index contributed by atoms with van der Waals surface area (Å²) in [6.45, 7) is -0.427. The number of halogens is 1. The van der Waals surface area contributed by atoms with E-state index in [1.165, 1.54) is 31.3 Å². The monoisotopic (exact) mass is 399 g/mol. The van der Waals surface area contributed by atoms with Gasteiger partial charge in [-0.25, -0.2) is 18.2 Å². The predicted molar refractivity (Wildman–Crippen MR) is 106 cm³/mol. The van der Waals surface area contributed by atoms with Crippen molar-refractivity contribution in [2.24, 2.45) is 5.10 Å². The van der Waals surface area contributed by atoms with Gasteiger partial charge in [0, 0.05) is 12.6 Å². The number of carbonyl (C=O) groups excluding carboxylic acids is 1. The minimum atomic E-state index is -3.85. The molecular formula is C20H18FN3O3S. The minimum absolute atomic E-state index is 0.0938. The Bertz CT molecular complexity index is 1150. The minimum Gasteiger partial charge on any atom is -0.272 e. The zero-order valence-electron chi connectivity index (χ0n) is 15.0. The average Bonchev–Trinajstić information content (AvgIpc) is 2.69. The first-order valence-electron chi connectivity index (χ1n) is 8.39. The second-order valence-corrected chi connectivity index (χ2v) is 8.13. The van der Waals surface area contributed by atoms with Gasteiger partial charge in [-0.2, -0.15) is 9.41 Å². The summed E-state index contributed by atoms with van der Waals surface area (Å²) in [6, 6.07) is 18.1. The van der Waals surface area contributed by atoms with E-state index in [0.717, 1.165) is 21.3 Å². The van der Waals surface area contributed by atoms with Crippen molar-refractivity contribution in [3.8, 4) is 0 Å². The molecule has 0 atom stereocenters. The molecule has 0 radical (unpaired) electrons. The van der Waals surface area contributed by atoms with Crippen LogP contribution in [-0.2, 0) is 14.8 Å². The van der Waals surface area contributed by atoms with Crippen molar-refractivity contribution in [3.63, 3.8) is 0 Å². The lowest BCUT2D eigenvalue weighted by Crippen LogP contribution is -2.36. The molecule has 8 heteroatoms. The smallest absolute Gasteiger partial charge is 0.255 e. The van der Waals surface area contributed by atoms with Crippen LogP contribution in [0.1, 0.15) is 5.56 Å². The van der Waals surface area contributed by atoms with E-state index in [4.69, 9.17) is 0 Å². The first-order valence-corrected chi connectivity index (χ1v) is 9.83. The molecule has 3 rings (SSSR count). The van der Waals surface area contributed by atoms with Gasteiger partial charge in [-0.05, 0) is 29.0 Å². The van der Waals surface area contributed by atoms with Gasteiger partial charge in [0.25, 0.3) is 5.91 Å². The van der Waals surface area contributed by atoms with Gasteiger partial charge in [-0.1, -0.05) is 48.5 Å². The van der Waals surface area contributed by atoms with Gasteiger partial charge in [0.05, 0.1) is 17.7 Å². The highest BCUT2D eigenvalue weighted by molar-refractivity contribution is 7.89. The first kappa shape index (κ1) is 19.7. The van der Waals surface area contributed by atoms with Crippen LogP contribution in [0.5, 0.6) is 0 Å². The molecule has 0 aliphatic carbocycles. The molecule has 28 heavy (non-hydrogen) atoms. The third kappa shape index (κ3) is 4.41. The molecule has 1 N–H and O–H groups in total. The van der Waals surface area contributed by atoms with Crippen LogP contribution >= 0.6 is 0 Å². The number of nitrogens with one attached hydrogen (secondary N) is 1. The summed E-state index contributed by atoms with van der Waals surface area (Å²) in [5, 5.41) is 5.37. The Morgan fingerprint density at radius 3 is 2.50 bits per heavy atom. The van der Waals surface area contributed by atoms with Gasteiger partial charge >= 0.3 is 0 Å². The van der Waals surface area contributed by atoms with Crippen molar-refractivity contribution in [2.75, 3.05) is 13.6 Å². The molecule has 3 aromatic rings. The van der Waals surface area contributed by atoms with E-state index in [2.05, 4.69) is 10.5 Å². The number of hydrogen-bond donors (Lipinski definition) is 1. The molecule has 0 saturated heterocycles. The number of sulfonamides is 1. The number of amides is 1. The molecule has 0 aliphatic heterocycles. The Labute approximate surface area is 162 Å². The van der Waals surface area contributed by atoms with Crippen LogP contribution in [0, 0.1) is 5.82 Å². The van der Waals surface area contributed by atoms with Gasteiger partial charge in [-0.3, -0.25) is 4.79 Å². The van der Waals surface area contributed by atoms with Crippen molar-refractivity contribution < 1.29 is 17.6 Å². The number of rotatable bonds is 6. The topological polar surface area (TPSA) is 78.8 Å². The lowest BCUT2D eigenvalue weighted by Gasteiger charge is -2.16. The lowest BCUT2D eigenvalue weighted by atomic mass is 10.1. The molecule has 0 aromatic heterocycles. The van der Waals surface area contributed by atoms with Crippen LogP contribution in [0.3, 0.4) is 0 Å². The van der Waals surface area contributed by atoms with E-state index >= 15 is 0 Å². The molecule has 6 nitrogen and oxygen atoms in total. The maximum Gasteiger partial charge on any atom is 0.255 e. The molecule has 0 bridgehead atoms. The number of fused-ring (bicyclic) bond motifs is 1. The summed E-state index contributed by atoms with van der Waals surface area (Å²) in [4.78, 5) is 12.1. The Balaban J connectivity index is 1.67. The van der Waals surface area contributed by atoms with Crippen LogP contribution in [0.2, 0.25) is 0 Å². The molecule has 0 heterocycles. The van der Waals surface area contributed by atoms with E-state index in [-0.39, 0.29) is 10.5 Å². The molecule has 0 aliphatic rings. The SMILES string of the molecule is CN(CC(=O)N/N=C\c1ccccc1F)S(=O)(=O)c1ccc2ccccc2c1. The molecule has 3 aromatic carbocycles. The Morgan fingerprint density at radius 2 is 1.75 bits per heavy atom. The normalized spacial score (nSPS) is 12.0. The molecule has 144 valence electrons. The summed E-state index contributed by atoms with van der Waals surface area (Å²) >= 11 is 0. The van der Waals surface area contributed by atoms with E-state index < -0.39 is 28.3 Å². The predicted octanol–water partition coefficient (Wildman–Crippen LogP) is 2.75. The van der Waals surface area contributed by atoms with Crippen molar-refractivity contribution in [2.45, 2.75) is 4.90 Å². The number of likely N-dealkylation sites (N-methyl/N-ethyl adjacent to an activating group) is 1. The van der Waals surface area contributed by atoms with Crippen molar-refractivity contribution in [3.05, 3.63) is 78.1 Å². The van der Waals surface area contributed by atoms with Crippen LogP contribution in [0.25, 0.3) is 10.8 Å². The first-order chi connectivity index (χ1) is 13.4. The highest BCUT2D eigenvalue weighted by Gasteiger charge is 2.23. The number of hydrazone groups is 1. The van der Waals surface area contributed by atoms with E-state index in [9.17, 15) is 17.6 Å². The maximum absolute atomic E-state index is 13.5. The van der Waals surface area contributed by atoms with Crippen molar-refractivity contribution in [1.82, 2.24) is 9.73 Å². The van der Waals surface area contributed by atoms with Crippen LogP contribution in [-0.4, -0.2) is 38.4 Å². The van der Waals surface area contributed by atoms with Crippen LogP contribution < -0.4 is 5.43 Å². The quantitative estimate of drug-likeness (QED) is 0.511. The van der Waals surface area contributed by atoms with Crippen molar-refractivity contribution in [1.29, 1.82) is 0 Å². The molecule has 0 spiro atoms. The Morgan fingerprint density at radius 1 is 1.07 bits per heavy atom. The summed E-state index contributed by atoms with van der Waals surface area (Å²) in [7, 11) is -2.54. The number of benzene rings is 3. The van der Waals surface area contributed by atoms with E-state index in [0.29, 0.717) is 0 Å². The lowest BCUT2D eigenvalue weighted by molar-refractivity contribution is -0.121. The summed E-state index contributed by atoms with van der Waals surface area (Å²) in [5.41, 5.74) is 2.41. The fraction of sp³-hybridized carbons (Fsp3) is 0.100. The summed E-state index contributed by atoms with van der Waals surface area (Å²) < 4.78 is 39.8. The second kappa shape index (κ2) is 8.28. The molecule has 0 unspecified atom stereocenters. The van der Waals surface area contributed by atoms with Gasteiger partial charge < -0.3 is 0 Å². The second-order valence-electron chi connectivity index (χ2n) is 6.08.